The quantitative estimate of drug-likeness (QED) is 0.433. The van der Waals surface area contributed by atoms with Crippen LogP contribution < -0.4 is 5.43 Å². The molecule has 0 aromatic rings. The summed E-state index contributed by atoms with van der Waals surface area (Å²) in [5, 5.41) is -4.04. The monoisotopic (exact) mass is 352 g/mol. The van der Waals surface area contributed by atoms with Crippen LogP contribution in [0.3, 0.4) is 0 Å². The summed E-state index contributed by atoms with van der Waals surface area (Å²) in [7, 11) is 0. The smallest absolute Gasteiger partial charge is 0.317 e. The fourth-order valence-electron chi connectivity index (χ4n) is 1.23. The lowest BCUT2D eigenvalue weighted by molar-refractivity contribution is -0.140. The van der Waals surface area contributed by atoms with E-state index >= 15 is 0 Å². The van der Waals surface area contributed by atoms with Crippen LogP contribution in [0.4, 0.5) is 8.78 Å². The Labute approximate surface area is 128 Å². The minimum atomic E-state index is -4.04. The molecule has 0 aliphatic heterocycles. The summed E-state index contributed by atoms with van der Waals surface area (Å²) in [4.78, 5) is 11.4. The first kappa shape index (κ1) is 20.1. The van der Waals surface area contributed by atoms with Crippen molar-refractivity contribution in [3.8, 4) is 0 Å². The zero-order valence-corrected chi connectivity index (χ0v) is 14.5. The van der Waals surface area contributed by atoms with E-state index in [9.17, 15) is 13.6 Å². The SMILES string of the molecule is CCOP(=S)(OCC)N(NC(=O)C(F)(F)Cl)C(C)(C)C. The Morgan fingerprint density at radius 2 is 1.70 bits per heavy atom. The van der Waals surface area contributed by atoms with Gasteiger partial charge in [0.15, 0.2) is 0 Å². The second-order valence-corrected chi connectivity index (χ2v) is 8.44. The summed E-state index contributed by atoms with van der Waals surface area (Å²) in [6, 6.07) is 0. The molecular weight excluding hydrogens is 333 g/mol. The van der Waals surface area contributed by atoms with Gasteiger partial charge in [0.2, 0.25) is 0 Å². The molecule has 0 saturated heterocycles. The van der Waals surface area contributed by atoms with Gasteiger partial charge in [0.1, 0.15) is 0 Å². The highest BCUT2D eigenvalue weighted by molar-refractivity contribution is 8.08. The zero-order chi connectivity index (χ0) is 16.2. The van der Waals surface area contributed by atoms with Crippen molar-refractivity contribution in [2.75, 3.05) is 13.2 Å². The predicted octanol–water partition coefficient (Wildman–Crippen LogP) is 3.25. The largest absolute Gasteiger partial charge is 0.401 e. The molecule has 0 heterocycles. The van der Waals surface area contributed by atoms with E-state index < -0.39 is 23.5 Å². The molecule has 0 radical (unpaired) electrons. The van der Waals surface area contributed by atoms with Gasteiger partial charge in [0, 0.05) is 5.54 Å². The van der Waals surface area contributed by atoms with Gasteiger partial charge in [-0.2, -0.15) is 8.78 Å². The molecule has 0 aliphatic carbocycles. The molecule has 10 heteroatoms. The van der Waals surface area contributed by atoms with Crippen molar-refractivity contribution < 1.29 is 22.6 Å². The van der Waals surface area contributed by atoms with Gasteiger partial charge < -0.3 is 9.05 Å². The average molecular weight is 353 g/mol. The Morgan fingerprint density at radius 3 is 1.95 bits per heavy atom. The lowest BCUT2D eigenvalue weighted by Gasteiger charge is -2.41. The zero-order valence-electron chi connectivity index (χ0n) is 12.1. The number of nitrogens with one attached hydrogen (secondary N) is 1. The minimum absolute atomic E-state index is 0.219. The Hall–Kier alpha value is 0.150. The average Bonchev–Trinajstić information content (AvgIpc) is 2.22. The molecular formula is C10H20ClF2N2O3PS. The summed E-state index contributed by atoms with van der Waals surface area (Å²) < 4.78 is 37.6. The summed E-state index contributed by atoms with van der Waals surface area (Å²) in [6.07, 6.45) is 0. The maximum atomic E-state index is 12.8. The number of hydrogen-bond donors (Lipinski definition) is 1. The van der Waals surface area contributed by atoms with Crippen LogP contribution in [0.5, 0.6) is 0 Å². The maximum absolute atomic E-state index is 12.8. The Bertz CT molecular complexity index is 378. The van der Waals surface area contributed by atoms with E-state index in [-0.39, 0.29) is 13.2 Å². The number of alkyl halides is 3. The number of rotatable bonds is 7. The Kier molecular flexibility index (Phi) is 7.48. The Balaban J connectivity index is 5.45. The molecule has 0 bridgehead atoms. The highest BCUT2D eigenvalue weighted by atomic mass is 35.5. The normalized spacial score (nSPS) is 13.7. The van der Waals surface area contributed by atoms with E-state index in [0.29, 0.717) is 0 Å². The molecule has 0 saturated carbocycles. The fourth-order valence-corrected chi connectivity index (χ4v) is 4.67. The molecule has 1 amide bonds. The van der Waals surface area contributed by atoms with Crippen molar-refractivity contribution in [2.45, 2.75) is 45.5 Å². The predicted molar refractivity (Wildman–Crippen MR) is 78.1 cm³/mol. The lowest BCUT2D eigenvalue weighted by Crippen LogP contribution is -2.54. The molecule has 0 aromatic heterocycles. The summed E-state index contributed by atoms with van der Waals surface area (Å²) >= 11 is 10.0. The van der Waals surface area contributed by atoms with Gasteiger partial charge >= 0.3 is 11.3 Å². The fraction of sp³-hybridized carbons (Fsp3) is 0.900. The van der Waals surface area contributed by atoms with E-state index in [1.165, 1.54) is 0 Å². The summed E-state index contributed by atoms with van der Waals surface area (Å²) in [5.74, 6) is -1.68. The number of amides is 1. The number of hydrazine groups is 1. The van der Waals surface area contributed by atoms with E-state index in [1.54, 1.807) is 34.6 Å². The van der Waals surface area contributed by atoms with Gasteiger partial charge in [-0.25, -0.2) is 0 Å². The molecule has 0 aliphatic rings. The van der Waals surface area contributed by atoms with E-state index in [0.717, 1.165) is 4.78 Å². The van der Waals surface area contributed by atoms with Crippen LogP contribution in [-0.4, -0.2) is 34.8 Å². The number of nitrogens with zero attached hydrogens (tertiary/aromatic N) is 1. The number of carbonyl (C=O) groups is 1. The van der Waals surface area contributed by atoms with Gasteiger partial charge in [0.25, 0.3) is 6.64 Å². The molecule has 0 unspecified atom stereocenters. The van der Waals surface area contributed by atoms with Crippen LogP contribution in [0.1, 0.15) is 34.6 Å². The molecule has 0 spiro atoms. The molecule has 120 valence electrons. The second-order valence-electron chi connectivity index (χ2n) is 4.73. The van der Waals surface area contributed by atoms with Crippen LogP contribution in [0.2, 0.25) is 0 Å². The van der Waals surface area contributed by atoms with E-state index in [2.05, 4.69) is 0 Å². The summed E-state index contributed by atoms with van der Waals surface area (Å²) in [5.41, 5.74) is 1.22. The van der Waals surface area contributed by atoms with E-state index in [1.807, 2.05) is 5.43 Å². The second kappa shape index (κ2) is 7.42. The van der Waals surface area contributed by atoms with Crippen molar-refractivity contribution in [1.29, 1.82) is 0 Å². The molecule has 5 nitrogen and oxygen atoms in total. The number of hydrogen-bond acceptors (Lipinski definition) is 4. The van der Waals surface area contributed by atoms with Gasteiger partial charge in [-0.3, -0.25) is 10.2 Å². The third-order valence-electron chi connectivity index (χ3n) is 1.93. The lowest BCUT2D eigenvalue weighted by atomic mass is 10.1. The highest BCUT2D eigenvalue weighted by Crippen LogP contribution is 2.54. The van der Waals surface area contributed by atoms with Crippen LogP contribution in [0.15, 0.2) is 0 Å². The Morgan fingerprint density at radius 1 is 1.30 bits per heavy atom. The first-order chi connectivity index (χ1) is 8.88. The molecule has 20 heavy (non-hydrogen) atoms. The number of carbonyl (C=O) groups excluding carboxylic acids is 1. The molecule has 1 N–H and O–H groups in total. The van der Waals surface area contributed by atoms with Crippen LogP contribution in [0, 0.1) is 0 Å². The van der Waals surface area contributed by atoms with Gasteiger partial charge in [-0.05, 0) is 58.0 Å². The first-order valence-corrected chi connectivity index (χ1v) is 8.93. The highest BCUT2D eigenvalue weighted by Gasteiger charge is 2.43. The maximum Gasteiger partial charge on any atom is 0.401 e. The van der Waals surface area contributed by atoms with Crippen molar-refractivity contribution in [3.63, 3.8) is 0 Å². The third-order valence-corrected chi connectivity index (χ3v) is 5.58. The van der Waals surface area contributed by atoms with Crippen molar-refractivity contribution in [1.82, 2.24) is 10.2 Å². The molecule has 0 aromatic carbocycles. The molecule has 0 fully saturated rings. The van der Waals surface area contributed by atoms with Crippen LogP contribution in [-0.2, 0) is 25.6 Å². The molecule has 0 atom stereocenters. The van der Waals surface area contributed by atoms with Crippen molar-refractivity contribution in [3.05, 3.63) is 0 Å². The number of halogens is 3. The van der Waals surface area contributed by atoms with E-state index in [4.69, 9.17) is 32.5 Å². The topological polar surface area (TPSA) is 50.8 Å². The standard InChI is InChI=1S/C10H20ClF2N2O3PS/c1-6-17-19(20,18-7-2)15(9(3,4)5)14-8(16)10(11,12)13/h6-7H2,1-5H3,(H,14,16). The third kappa shape index (κ3) is 5.87. The van der Waals surface area contributed by atoms with Gasteiger partial charge in [0.05, 0.1) is 13.2 Å². The van der Waals surface area contributed by atoms with Crippen LogP contribution in [0.25, 0.3) is 0 Å². The minimum Gasteiger partial charge on any atom is -0.317 e. The molecule has 0 rings (SSSR count). The van der Waals surface area contributed by atoms with Gasteiger partial charge in [-0.1, -0.05) is 0 Å². The van der Waals surface area contributed by atoms with Crippen molar-refractivity contribution >= 4 is 36.0 Å². The summed E-state index contributed by atoms with van der Waals surface area (Å²) in [6.45, 7) is 5.73. The van der Waals surface area contributed by atoms with Crippen LogP contribution >= 0.6 is 18.2 Å². The first-order valence-electron chi connectivity index (χ1n) is 5.96. The van der Waals surface area contributed by atoms with Crippen molar-refractivity contribution in [2.24, 2.45) is 0 Å². The van der Waals surface area contributed by atoms with Gasteiger partial charge in [-0.15, -0.1) is 4.78 Å².